The van der Waals surface area contributed by atoms with Gasteiger partial charge in [-0.2, -0.15) is 0 Å². The quantitative estimate of drug-likeness (QED) is 0.110. The average molecular weight is 759 g/mol. The first-order valence-corrected chi connectivity index (χ1v) is 18.5. The number of likely N-dealkylation sites (tertiary alicyclic amines) is 1. The number of halogens is 1. The summed E-state index contributed by atoms with van der Waals surface area (Å²) in [6.45, 7) is 5.68. The number of aliphatic hydroxyl groups excluding tert-OH is 1. The Bertz CT molecular complexity index is 1950. The second-order valence-corrected chi connectivity index (χ2v) is 14.2. The Labute approximate surface area is 320 Å². The number of nitrogens with one attached hydrogen (secondary N) is 1. The smallest absolute Gasteiger partial charge is 0.339 e. The Balaban J connectivity index is 1.14. The molecule has 286 valence electrons. The van der Waals surface area contributed by atoms with E-state index in [2.05, 4.69) is 51.3 Å². The first-order valence-electron chi connectivity index (χ1n) is 18.1. The Morgan fingerprint density at radius 3 is 2.56 bits per heavy atom. The highest BCUT2D eigenvalue weighted by atomic mass is 35.5. The first kappa shape index (κ1) is 39.0. The highest BCUT2D eigenvalue weighted by Gasteiger charge is 2.43. The summed E-state index contributed by atoms with van der Waals surface area (Å²) in [7, 11) is 1.31. The van der Waals surface area contributed by atoms with E-state index in [1.165, 1.54) is 23.9 Å². The fraction of sp³-hybridized carbons (Fsp3) is 0.390. The summed E-state index contributed by atoms with van der Waals surface area (Å²) in [5.41, 5.74) is 7.04. The molecule has 2 atom stereocenters. The zero-order chi connectivity index (χ0) is 38.2. The van der Waals surface area contributed by atoms with Crippen molar-refractivity contribution < 1.29 is 39.1 Å². The summed E-state index contributed by atoms with van der Waals surface area (Å²) in [5.74, 6) is -0.841. The molecule has 0 spiro atoms. The van der Waals surface area contributed by atoms with Crippen molar-refractivity contribution in [1.82, 2.24) is 15.2 Å². The minimum absolute atomic E-state index is 0.0969. The molecule has 13 heteroatoms. The lowest BCUT2D eigenvalue weighted by molar-refractivity contribution is -0.160. The van der Waals surface area contributed by atoms with Crippen LogP contribution in [0.1, 0.15) is 40.7 Å². The molecule has 0 saturated carbocycles. The lowest BCUT2D eigenvalue weighted by atomic mass is 9.92. The molecule has 1 saturated heterocycles. The van der Waals surface area contributed by atoms with E-state index < -0.39 is 30.2 Å². The molecule has 0 radical (unpaired) electrons. The number of hydrogen-bond acceptors (Lipinski definition) is 11. The normalized spacial score (nSPS) is 17.3. The van der Waals surface area contributed by atoms with Crippen molar-refractivity contribution in [2.75, 3.05) is 51.3 Å². The van der Waals surface area contributed by atoms with E-state index in [1.807, 2.05) is 24.3 Å². The van der Waals surface area contributed by atoms with Gasteiger partial charge < -0.3 is 34.4 Å². The number of ether oxygens (including phenoxy) is 3. The van der Waals surface area contributed by atoms with Gasteiger partial charge in [0.2, 0.25) is 0 Å². The van der Waals surface area contributed by atoms with E-state index in [1.54, 1.807) is 24.5 Å². The number of aliphatic hydroxyl groups is 2. The van der Waals surface area contributed by atoms with E-state index in [0.29, 0.717) is 41.6 Å². The van der Waals surface area contributed by atoms with Crippen LogP contribution in [0.5, 0.6) is 11.5 Å². The molecule has 0 aliphatic carbocycles. The largest absolute Gasteiger partial charge is 0.488 e. The second kappa shape index (κ2) is 17.6. The summed E-state index contributed by atoms with van der Waals surface area (Å²) in [5, 5.41) is 32.7. The molecule has 12 nitrogen and oxygen atoms in total. The molecule has 2 aliphatic heterocycles. The van der Waals surface area contributed by atoms with Gasteiger partial charge in [-0.1, -0.05) is 48.0 Å². The number of carboxylic acid groups (broad SMARTS) is 1. The number of carbonyl (C=O) groups is 2. The third kappa shape index (κ3) is 8.97. The van der Waals surface area contributed by atoms with Crippen molar-refractivity contribution >= 4 is 29.2 Å². The van der Waals surface area contributed by atoms with Crippen LogP contribution < -0.4 is 19.7 Å². The van der Waals surface area contributed by atoms with Crippen molar-refractivity contribution in [1.29, 1.82) is 0 Å². The number of fused-ring (bicyclic) bond motifs is 1. The molecule has 1 fully saturated rings. The van der Waals surface area contributed by atoms with Gasteiger partial charge in [0.25, 0.3) is 0 Å². The number of pyridine rings is 1. The van der Waals surface area contributed by atoms with E-state index in [-0.39, 0.29) is 19.8 Å². The van der Waals surface area contributed by atoms with Gasteiger partial charge in [0.1, 0.15) is 30.8 Å². The Kier molecular flexibility index (Phi) is 12.7. The molecule has 2 aliphatic rings. The summed E-state index contributed by atoms with van der Waals surface area (Å²) < 4.78 is 17.3. The number of carboxylic acids is 1. The number of benzene rings is 3. The molecule has 0 bridgehead atoms. The lowest BCUT2D eigenvalue weighted by Gasteiger charge is -2.23. The predicted molar refractivity (Wildman–Crippen MR) is 205 cm³/mol. The maximum absolute atomic E-state index is 12.0. The highest BCUT2D eigenvalue weighted by Crippen LogP contribution is 2.39. The fourth-order valence-electron chi connectivity index (χ4n) is 7.24. The van der Waals surface area contributed by atoms with E-state index in [0.717, 1.165) is 54.7 Å². The van der Waals surface area contributed by atoms with Crippen LogP contribution in [0.2, 0.25) is 5.02 Å². The number of nitrogens with zero attached hydrogens (tertiary/aromatic N) is 3. The van der Waals surface area contributed by atoms with Crippen LogP contribution in [0, 0.1) is 6.92 Å². The number of aliphatic carboxylic acids is 1. The number of methoxy groups -OCH3 is 1. The van der Waals surface area contributed by atoms with Crippen molar-refractivity contribution in [3.05, 3.63) is 106 Å². The monoisotopic (exact) mass is 758 g/mol. The van der Waals surface area contributed by atoms with E-state index in [9.17, 15) is 24.9 Å². The van der Waals surface area contributed by atoms with Crippen LogP contribution in [0.25, 0.3) is 11.1 Å². The molecule has 2 unspecified atom stereocenters. The number of hydrogen-bond donors (Lipinski definition) is 4. The molecule has 1 aromatic heterocycles. The molecular weight excluding hydrogens is 712 g/mol. The van der Waals surface area contributed by atoms with Crippen LogP contribution in [0.4, 0.5) is 5.69 Å². The minimum Gasteiger partial charge on any atom is -0.488 e. The molecule has 3 aromatic carbocycles. The minimum atomic E-state index is -1.41. The Morgan fingerprint density at radius 1 is 1.00 bits per heavy atom. The summed E-state index contributed by atoms with van der Waals surface area (Å²) in [4.78, 5) is 32.2. The summed E-state index contributed by atoms with van der Waals surface area (Å²) >= 11 is 6.72. The van der Waals surface area contributed by atoms with Gasteiger partial charge in [-0.05, 0) is 72.3 Å². The Hall–Kier alpha value is -4.72. The van der Waals surface area contributed by atoms with Crippen molar-refractivity contribution in [2.45, 2.75) is 57.6 Å². The topological polar surface area (TPSA) is 154 Å². The zero-order valence-electron chi connectivity index (χ0n) is 30.6. The van der Waals surface area contributed by atoms with Crippen LogP contribution >= 0.6 is 11.6 Å². The molecule has 54 heavy (non-hydrogen) atoms. The van der Waals surface area contributed by atoms with Crippen LogP contribution in [0.3, 0.4) is 0 Å². The van der Waals surface area contributed by atoms with E-state index in [4.69, 9.17) is 25.8 Å². The molecule has 0 amide bonds. The number of anilines is 1. The second-order valence-electron chi connectivity index (χ2n) is 13.8. The summed E-state index contributed by atoms with van der Waals surface area (Å²) in [6.07, 6.45) is 5.62. The first-order chi connectivity index (χ1) is 26.1. The van der Waals surface area contributed by atoms with Gasteiger partial charge in [0.15, 0.2) is 5.60 Å². The van der Waals surface area contributed by atoms with Gasteiger partial charge in [-0.15, -0.1) is 0 Å². The third-order valence-electron chi connectivity index (χ3n) is 10.3. The number of β-amino-alcohol motifs (C(OH)–C–C–N with tert-alkyl or cyclic N) is 1. The Morgan fingerprint density at radius 2 is 1.80 bits per heavy atom. The predicted octanol–water partition coefficient (Wildman–Crippen LogP) is 4.77. The zero-order valence-corrected chi connectivity index (χ0v) is 31.3. The SMILES string of the molecule is COC(=O)C1(O)CCN(CCCN2CCc3c(-c4cccc(COc5cc(OCc6cccnc6)c(CNC(CO)C(=O)O)cc5Cl)c4C)cccc32)C1. The lowest BCUT2D eigenvalue weighted by Crippen LogP contribution is -2.42. The number of carbonyl (C=O) groups excluding carboxylic acids is 1. The van der Waals surface area contributed by atoms with Gasteiger partial charge in [0, 0.05) is 74.4 Å². The highest BCUT2D eigenvalue weighted by molar-refractivity contribution is 6.32. The maximum Gasteiger partial charge on any atom is 0.339 e. The van der Waals surface area contributed by atoms with Crippen LogP contribution in [-0.2, 0) is 40.5 Å². The van der Waals surface area contributed by atoms with Gasteiger partial charge in [-0.3, -0.25) is 20.0 Å². The fourth-order valence-corrected chi connectivity index (χ4v) is 7.48. The van der Waals surface area contributed by atoms with Gasteiger partial charge in [-0.25, -0.2) is 4.79 Å². The maximum atomic E-state index is 12.0. The van der Waals surface area contributed by atoms with Gasteiger partial charge in [0.05, 0.1) is 18.7 Å². The number of rotatable bonds is 17. The number of aromatic nitrogens is 1. The molecular formula is C41H47ClN4O8. The third-order valence-corrected chi connectivity index (χ3v) is 10.6. The van der Waals surface area contributed by atoms with Crippen LogP contribution in [0.15, 0.2) is 73.1 Å². The number of esters is 1. The molecule has 3 heterocycles. The molecule has 6 rings (SSSR count). The standard InChI is InChI=1S/C41H47ClN4O8/c1-27-29(25-54-38-20-37(53-24-28-7-5-14-43-21-28)30(19-34(38)42)22-44-35(23-47)39(48)49)8-3-9-31(27)32-10-4-11-36-33(32)12-17-46(36)16-6-15-45-18-13-41(51,26-45)40(50)52-2/h3-5,7-11,14,19-21,35,44,47,51H,6,12-13,15-18,22-26H2,1-2H3,(H,48,49). The van der Waals surface area contributed by atoms with Crippen LogP contribution in [-0.4, -0.2) is 95.2 Å². The average Bonchev–Trinajstić information content (AvgIpc) is 3.78. The molecule has 4 aromatic rings. The molecule has 4 N–H and O–H groups in total. The summed E-state index contributed by atoms with van der Waals surface area (Å²) in [6, 6.07) is 18.7. The van der Waals surface area contributed by atoms with Crippen molar-refractivity contribution in [2.24, 2.45) is 0 Å². The van der Waals surface area contributed by atoms with Crippen molar-refractivity contribution in [3.8, 4) is 22.6 Å². The van der Waals surface area contributed by atoms with Crippen molar-refractivity contribution in [3.63, 3.8) is 0 Å². The van der Waals surface area contributed by atoms with E-state index >= 15 is 0 Å². The van der Waals surface area contributed by atoms with Gasteiger partial charge >= 0.3 is 11.9 Å².